The lowest BCUT2D eigenvalue weighted by atomic mass is 10.1. The minimum Gasteiger partial charge on any atom is -0.456 e. The van der Waals surface area contributed by atoms with E-state index in [2.05, 4.69) is 5.32 Å². The Kier molecular flexibility index (Phi) is 6.54. The zero-order valence-electron chi connectivity index (χ0n) is 16.1. The standard InChI is InChI=1S/C23H18FNO5/c1-15(26)25-16-11-12-18(20(24)13-16)21(27)14-29-23(28)19-9-5-6-10-22(19)30-17-7-3-2-4-8-17/h2-13H,14H2,1H3,(H,25,26). The number of amides is 1. The molecule has 0 aromatic heterocycles. The number of nitrogens with one attached hydrogen (secondary N) is 1. The number of carbonyl (C=O) groups excluding carboxylic acids is 3. The highest BCUT2D eigenvalue weighted by atomic mass is 19.1. The van der Waals surface area contributed by atoms with Crippen LogP contribution in [0, 0.1) is 5.82 Å². The van der Waals surface area contributed by atoms with Gasteiger partial charge in [0.05, 0.1) is 5.56 Å². The number of hydrogen-bond donors (Lipinski definition) is 1. The number of hydrogen-bond acceptors (Lipinski definition) is 5. The van der Waals surface area contributed by atoms with Gasteiger partial charge in [-0.15, -0.1) is 0 Å². The van der Waals surface area contributed by atoms with E-state index < -0.39 is 24.2 Å². The number of Topliss-reactive ketones (excluding diaryl/α,β-unsaturated/α-hetero) is 1. The molecule has 0 heterocycles. The second kappa shape index (κ2) is 9.47. The van der Waals surface area contributed by atoms with E-state index in [9.17, 15) is 18.8 Å². The quantitative estimate of drug-likeness (QED) is 0.457. The van der Waals surface area contributed by atoms with Gasteiger partial charge in [-0.25, -0.2) is 9.18 Å². The molecule has 30 heavy (non-hydrogen) atoms. The highest BCUT2D eigenvalue weighted by molar-refractivity contribution is 6.00. The molecule has 0 atom stereocenters. The van der Waals surface area contributed by atoms with E-state index in [1.807, 2.05) is 6.07 Å². The second-order valence-electron chi connectivity index (χ2n) is 6.29. The minimum absolute atomic E-state index is 0.135. The van der Waals surface area contributed by atoms with Gasteiger partial charge in [-0.3, -0.25) is 9.59 Å². The molecule has 0 fully saturated rings. The first-order valence-electron chi connectivity index (χ1n) is 9.03. The smallest absolute Gasteiger partial charge is 0.342 e. The third kappa shape index (κ3) is 5.29. The summed E-state index contributed by atoms with van der Waals surface area (Å²) in [6, 6.07) is 19.0. The summed E-state index contributed by atoms with van der Waals surface area (Å²) in [4.78, 5) is 35.8. The fourth-order valence-electron chi connectivity index (χ4n) is 2.65. The van der Waals surface area contributed by atoms with Crippen LogP contribution in [0.2, 0.25) is 0 Å². The summed E-state index contributed by atoms with van der Waals surface area (Å²) in [5.74, 6) is -1.86. The number of para-hydroxylation sites is 2. The average Bonchev–Trinajstić information content (AvgIpc) is 2.72. The summed E-state index contributed by atoms with van der Waals surface area (Å²) < 4.78 is 24.9. The summed E-state index contributed by atoms with van der Waals surface area (Å²) in [5, 5.41) is 2.42. The Morgan fingerprint density at radius 3 is 2.30 bits per heavy atom. The lowest BCUT2D eigenvalue weighted by Gasteiger charge is -2.11. The largest absolute Gasteiger partial charge is 0.456 e. The van der Waals surface area contributed by atoms with Crippen molar-refractivity contribution in [1.29, 1.82) is 0 Å². The molecule has 6 nitrogen and oxygen atoms in total. The van der Waals surface area contributed by atoms with Crippen molar-refractivity contribution in [2.45, 2.75) is 6.92 Å². The summed E-state index contributed by atoms with van der Waals surface area (Å²) >= 11 is 0. The van der Waals surface area contributed by atoms with Crippen molar-refractivity contribution in [2.75, 3.05) is 11.9 Å². The highest BCUT2D eigenvalue weighted by Crippen LogP contribution is 2.25. The van der Waals surface area contributed by atoms with Crippen LogP contribution in [-0.4, -0.2) is 24.3 Å². The van der Waals surface area contributed by atoms with Crippen LogP contribution in [-0.2, 0) is 9.53 Å². The molecular weight excluding hydrogens is 389 g/mol. The Morgan fingerprint density at radius 1 is 0.900 bits per heavy atom. The second-order valence-corrected chi connectivity index (χ2v) is 6.29. The van der Waals surface area contributed by atoms with Crippen LogP contribution in [0.1, 0.15) is 27.6 Å². The number of benzene rings is 3. The maximum Gasteiger partial charge on any atom is 0.342 e. The van der Waals surface area contributed by atoms with Crippen molar-refractivity contribution < 1.29 is 28.2 Å². The highest BCUT2D eigenvalue weighted by Gasteiger charge is 2.18. The van der Waals surface area contributed by atoms with E-state index in [-0.39, 0.29) is 28.5 Å². The van der Waals surface area contributed by atoms with Crippen molar-refractivity contribution in [1.82, 2.24) is 0 Å². The molecule has 0 aliphatic rings. The Morgan fingerprint density at radius 2 is 1.60 bits per heavy atom. The number of anilines is 1. The van der Waals surface area contributed by atoms with Crippen molar-refractivity contribution >= 4 is 23.3 Å². The van der Waals surface area contributed by atoms with Crippen LogP contribution in [0.3, 0.4) is 0 Å². The fourth-order valence-corrected chi connectivity index (χ4v) is 2.65. The van der Waals surface area contributed by atoms with Crippen molar-refractivity contribution in [3.8, 4) is 11.5 Å². The Bertz CT molecular complexity index is 1080. The summed E-state index contributed by atoms with van der Waals surface area (Å²) in [7, 11) is 0. The van der Waals surface area contributed by atoms with Crippen LogP contribution in [0.5, 0.6) is 11.5 Å². The SMILES string of the molecule is CC(=O)Nc1ccc(C(=O)COC(=O)c2ccccc2Oc2ccccc2)c(F)c1. The predicted octanol–water partition coefficient (Wildman–Crippen LogP) is 4.62. The van der Waals surface area contributed by atoms with Crippen LogP contribution in [0.25, 0.3) is 0 Å². The molecule has 0 bridgehead atoms. The zero-order valence-corrected chi connectivity index (χ0v) is 16.1. The number of ether oxygens (including phenoxy) is 2. The van der Waals surface area contributed by atoms with Gasteiger partial charge in [-0.2, -0.15) is 0 Å². The monoisotopic (exact) mass is 407 g/mol. The van der Waals surface area contributed by atoms with Crippen LogP contribution in [0.4, 0.5) is 10.1 Å². The van der Waals surface area contributed by atoms with E-state index in [0.717, 1.165) is 6.07 Å². The molecule has 0 radical (unpaired) electrons. The van der Waals surface area contributed by atoms with E-state index in [4.69, 9.17) is 9.47 Å². The third-order valence-electron chi connectivity index (χ3n) is 4.00. The Hall–Kier alpha value is -4.00. The molecule has 0 unspecified atom stereocenters. The molecule has 0 aliphatic carbocycles. The Labute approximate surface area is 172 Å². The average molecular weight is 407 g/mol. The first kappa shape index (κ1) is 20.7. The first-order valence-corrected chi connectivity index (χ1v) is 9.03. The fraction of sp³-hybridized carbons (Fsp3) is 0.0870. The summed E-state index contributed by atoms with van der Waals surface area (Å²) in [6.45, 7) is 0.644. The number of ketones is 1. The maximum absolute atomic E-state index is 14.2. The van der Waals surface area contributed by atoms with Crippen LogP contribution < -0.4 is 10.1 Å². The molecule has 152 valence electrons. The zero-order chi connectivity index (χ0) is 21.5. The van der Waals surface area contributed by atoms with Crippen molar-refractivity contribution in [2.24, 2.45) is 0 Å². The van der Waals surface area contributed by atoms with E-state index in [0.29, 0.717) is 5.75 Å². The molecule has 3 aromatic carbocycles. The van der Waals surface area contributed by atoms with Gasteiger partial charge in [0.25, 0.3) is 0 Å². The van der Waals surface area contributed by atoms with Gasteiger partial charge in [0.1, 0.15) is 22.9 Å². The lowest BCUT2D eigenvalue weighted by Crippen LogP contribution is -2.16. The third-order valence-corrected chi connectivity index (χ3v) is 4.00. The number of esters is 1. The van der Waals surface area contributed by atoms with Gasteiger partial charge in [-0.1, -0.05) is 30.3 Å². The molecule has 1 amide bonds. The molecule has 0 aliphatic heterocycles. The van der Waals surface area contributed by atoms with E-state index >= 15 is 0 Å². The van der Waals surface area contributed by atoms with Gasteiger partial charge in [0.2, 0.25) is 11.7 Å². The van der Waals surface area contributed by atoms with Crippen molar-refractivity contribution in [3.05, 3.63) is 89.7 Å². The molecule has 1 N–H and O–H groups in total. The molecule has 0 spiro atoms. The van der Waals surface area contributed by atoms with E-state index in [1.54, 1.807) is 42.5 Å². The number of halogens is 1. The van der Waals surface area contributed by atoms with Gasteiger partial charge in [-0.05, 0) is 42.5 Å². The molecule has 7 heteroatoms. The van der Waals surface area contributed by atoms with Gasteiger partial charge >= 0.3 is 5.97 Å². The number of carbonyl (C=O) groups is 3. The summed E-state index contributed by atoms with van der Waals surface area (Å²) in [6.07, 6.45) is 0. The van der Waals surface area contributed by atoms with Crippen molar-refractivity contribution in [3.63, 3.8) is 0 Å². The van der Waals surface area contributed by atoms with Gasteiger partial charge in [0, 0.05) is 12.6 Å². The molecule has 0 saturated carbocycles. The van der Waals surface area contributed by atoms with Gasteiger partial charge < -0.3 is 14.8 Å². The minimum atomic E-state index is -0.824. The normalized spacial score (nSPS) is 10.2. The van der Waals surface area contributed by atoms with Crippen LogP contribution in [0.15, 0.2) is 72.8 Å². The number of rotatable bonds is 7. The molecule has 0 saturated heterocycles. The Balaban J connectivity index is 1.67. The predicted molar refractivity (Wildman–Crippen MR) is 108 cm³/mol. The lowest BCUT2D eigenvalue weighted by molar-refractivity contribution is -0.114. The molecular formula is C23H18FNO5. The maximum atomic E-state index is 14.2. The van der Waals surface area contributed by atoms with Crippen LogP contribution >= 0.6 is 0 Å². The summed E-state index contributed by atoms with van der Waals surface area (Å²) in [5.41, 5.74) is 0.113. The van der Waals surface area contributed by atoms with E-state index in [1.165, 1.54) is 25.1 Å². The molecule has 3 aromatic rings. The first-order chi connectivity index (χ1) is 14.4. The van der Waals surface area contributed by atoms with Gasteiger partial charge in [0.15, 0.2) is 6.61 Å². The molecule has 3 rings (SSSR count). The topological polar surface area (TPSA) is 81.7 Å².